The molecular formula is C25H31ClN2O7S. The maximum Gasteiger partial charge on any atom is 0.418 e. The number of hydrogen-bond acceptors (Lipinski definition) is 6. The van der Waals surface area contributed by atoms with Crippen molar-refractivity contribution in [2.75, 3.05) is 37.0 Å². The second-order valence-electron chi connectivity index (χ2n) is 8.76. The lowest BCUT2D eigenvalue weighted by Gasteiger charge is -2.29. The first-order valence-corrected chi connectivity index (χ1v) is 13.8. The van der Waals surface area contributed by atoms with Crippen molar-refractivity contribution in [3.8, 4) is 0 Å². The first kappa shape index (κ1) is 27.9. The SMILES string of the molecule is O=C(COC[C@H]1CC[C@H](COC(=O)N(c2ccccc2)c2ccc(Cl)cc2)CC1)NCCS(=O)(=O)O. The number of nitrogens with one attached hydrogen (secondary N) is 1. The normalized spacial score (nSPS) is 17.8. The molecule has 0 atom stereocenters. The van der Waals surface area contributed by atoms with E-state index >= 15 is 0 Å². The largest absolute Gasteiger partial charge is 0.449 e. The molecule has 196 valence electrons. The van der Waals surface area contributed by atoms with Crippen LogP contribution >= 0.6 is 11.6 Å². The lowest BCUT2D eigenvalue weighted by Crippen LogP contribution is -2.33. The number of anilines is 2. The zero-order valence-corrected chi connectivity index (χ0v) is 21.4. The molecular weight excluding hydrogens is 508 g/mol. The fourth-order valence-electron chi connectivity index (χ4n) is 4.03. The maximum absolute atomic E-state index is 13.0. The van der Waals surface area contributed by atoms with Crippen molar-refractivity contribution in [2.45, 2.75) is 25.7 Å². The minimum Gasteiger partial charge on any atom is -0.449 e. The van der Waals surface area contributed by atoms with Gasteiger partial charge in [-0.1, -0.05) is 29.8 Å². The van der Waals surface area contributed by atoms with Gasteiger partial charge in [-0.2, -0.15) is 8.42 Å². The summed E-state index contributed by atoms with van der Waals surface area (Å²) in [5, 5.41) is 2.97. The lowest BCUT2D eigenvalue weighted by molar-refractivity contribution is -0.126. The molecule has 1 aliphatic rings. The Morgan fingerprint density at radius 1 is 0.944 bits per heavy atom. The first-order valence-electron chi connectivity index (χ1n) is 11.8. The van der Waals surface area contributed by atoms with Gasteiger partial charge in [0, 0.05) is 11.6 Å². The van der Waals surface area contributed by atoms with Crippen LogP contribution in [-0.4, -0.2) is 57.1 Å². The van der Waals surface area contributed by atoms with Crippen LogP contribution < -0.4 is 10.2 Å². The van der Waals surface area contributed by atoms with Crippen LogP contribution in [0.1, 0.15) is 25.7 Å². The minimum absolute atomic E-state index is 0.162. The van der Waals surface area contributed by atoms with Crippen molar-refractivity contribution < 1.29 is 32.0 Å². The predicted octanol–water partition coefficient (Wildman–Crippen LogP) is 4.44. The van der Waals surface area contributed by atoms with Gasteiger partial charge >= 0.3 is 6.09 Å². The van der Waals surface area contributed by atoms with Crippen LogP contribution in [0.3, 0.4) is 0 Å². The topological polar surface area (TPSA) is 122 Å². The third-order valence-corrected chi connectivity index (χ3v) is 6.93. The fraction of sp³-hybridized carbons (Fsp3) is 0.440. The van der Waals surface area contributed by atoms with Crippen LogP contribution in [0.15, 0.2) is 54.6 Å². The summed E-state index contributed by atoms with van der Waals surface area (Å²) >= 11 is 6.01. The maximum atomic E-state index is 13.0. The van der Waals surface area contributed by atoms with Crippen molar-refractivity contribution in [3.05, 3.63) is 59.6 Å². The summed E-state index contributed by atoms with van der Waals surface area (Å²) in [5.41, 5.74) is 1.37. The van der Waals surface area contributed by atoms with Crippen molar-refractivity contribution in [1.29, 1.82) is 0 Å². The van der Waals surface area contributed by atoms with Gasteiger partial charge in [-0.15, -0.1) is 0 Å². The molecule has 2 aromatic rings. The van der Waals surface area contributed by atoms with Crippen molar-refractivity contribution in [2.24, 2.45) is 11.8 Å². The van der Waals surface area contributed by atoms with E-state index in [0.29, 0.717) is 35.5 Å². The van der Waals surface area contributed by atoms with E-state index < -0.39 is 27.9 Å². The number of halogens is 1. The average Bonchev–Trinajstić information content (AvgIpc) is 2.85. The highest BCUT2D eigenvalue weighted by Crippen LogP contribution is 2.31. The van der Waals surface area contributed by atoms with Crippen molar-refractivity contribution in [3.63, 3.8) is 0 Å². The average molecular weight is 539 g/mol. The Morgan fingerprint density at radius 2 is 1.53 bits per heavy atom. The molecule has 1 aliphatic carbocycles. The Kier molecular flexibility index (Phi) is 10.5. The third kappa shape index (κ3) is 9.42. The summed E-state index contributed by atoms with van der Waals surface area (Å²) in [4.78, 5) is 26.2. The van der Waals surface area contributed by atoms with E-state index in [0.717, 1.165) is 25.7 Å². The molecule has 0 unspecified atom stereocenters. The molecule has 0 aliphatic heterocycles. The van der Waals surface area contributed by atoms with Gasteiger partial charge in [0.1, 0.15) is 6.61 Å². The second kappa shape index (κ2) is 13.6. The molecule has 2 amide bonds. The van der Waals surface area contributed by atoms with Crippen LogP contribution in [0.2, 0.25) is 5.02 Å². The Labute approximate surface area is 216 Å². The molecule has 0 bridgehead atoms. The van der Waals surface area contributed by atoms with Crippen molar-refractivity contribution >= 4 is 45.1 Å². The van der Waals surface area contributed by atoms with E-state index in [9.17, 15) is 18.0 Å². The summed E-state index contributed by atoms with van der Waals surface area (Å²) in [6, 6.07) is 16.3. The number of hydrogen-bond donors (Lipinski definition) is 2. The molecule has 0 aromatic heterocycles. The molecule has 0 spiro atoms. The van der Waals surface area contributed by atoms with E-state index in [2.05, 4.69) is 5.32 Å². The minimum atomic E-state index is -4.10. The number of para-hydroxylation sites is 1. The number of nitrogens with zero attached hydrogens (tertiary/aromatic N) is 1. The quantitative estimate of drug-likeness (QED) is 0.405. The summed E-state index contributed by atoms with van der Waals surface area (Å²) in [6.07, 6.45) is 3.11. The van der Waals surface area contributed by atoms with Crippen LogP contribution in [0.4, 0.5) is 16.2 Å². The summed E-state index contributed by atoms with van der Waals surface area (Å²) in [7, 11) is -4.10. The molecule has 0 heterocycles. The van der Waals surface area contributed by atoms with E-state index in [1.54, 1.807) is 24.3 Å². The van der Waals surface area contributed by atoms with Gasteiger partial charge in [0.05, 0.1) is 30.3 Å². The van der Waals surface area contributed by atoms with Gasteiger partial charge < -0.3 is 14.8 Å². The van der Waals surface area contributed by atoms with E-state index in [4.69, 9.17) is 25.6 Å². The van der Waals surface area contributed by atoms with E-state index in [1.165, 1.54) is 4.90 Å². The fourth-order valence-corrected chi connectivity index (χ4v) is 4.52. The lowest BCUT2D eigenvalue weighted by atomic mass is 9.83. The van der Waals surface area contributed by atoms with Crippen LogP contribution in [-0.2, 0) is 24.4 Å². The van der Waals surface area contributed by atoms with E-state index in [1.807, 2.05) is 30.3 Å². The molecule has 2 N–H and O–H groups in total. The Morgan fingerprint density at radius 3 is 2.14 bits per heavy atom. The van der Waals surface area contributed by atoms with E-state index in [-0.39, 0.29) is 19.1 Å². The number of amides is 2. The Bertz CT molecular complexity index is 1090. The summed E-state index contributed by atoms with van der Waals surface area (Å²) < 4.78 is 41.1. The highest BCUT2D eigenvalue weighted by atomic mass is 35.5. The van der Waals surface area contributed by atoms with Gasteiger partial charge in [-0.05, 0) is 73.9 Å². The molecule has 2 aromatic carbocycles. The van der Waals surface area contributed by atoms with Crippen LogP contribution in [0, 0.1) is 11.8 Å². The number of carbonyl (C=O) groups excluding carboxylic acids is 2. The third-order valence-electron chi connectivity index (χ3n) is 5.96. The predicted molar refractivity (Wildman–Crippen MR) is 137 cm³/mol. The molecule has 1 saturated carbocycles. The summed E-state index contributed by atoms with van der Waals surface area (Å²) in [6.45, 7) is 0.420. The molecule has 9 nitrogen and oxygen atoms in total. The molecule has 1 fully saturated rings. The van der Waals surface area contributed by atoms with Gasteiger partial charge in [0.15, 0.2) is 0 Å². The van der Waals surface area contributed by atoms with Crippen molar-refractivity contribution in [1.82, 2.24) is 5.32 Å². The standard InChI is InChI=1S/C25H31ClN2O7S/c26-21-10-12-23(13-11-21)28(22-4-2-1-3-5-22)25(30)35-17-20-8-6-19(7-9-20)16-34-18-24(29)27-14-15-36(31,32)33/h1-5,10-13,19-20H,6-9,14-18H2,(H,27,29)(H,31,32,33)/t19-,20-. The highest BCUT2D eigenvalue weighted by molar-refractivity contribution is 7.85. The van der Waals surface area contributed by atoms with Gasteiger partial charge in [0.2, 0.25) is 5.91 Å². The van der Waals surface area contributed by atoms with Gasteiger partial charge in [-0.3, -0.25) is 9.35 Å². The van der Waals surface area contributed by atoms with Crippen LogP contribution in [0.25, 0.3) is 0 Å². The number of benzene rings is 2. The van der Waals surface area contributed by atoms with Crippen LogP contribution in [0.5, 0.6) is 0 Å². The van der Waals surface area contributed by atoms with Gasteiger partial charge in [-0.25, -0.2) is 9.69 Å². The summed E-state index contributed by atoms with van der Waals surface area (Å²) in [5.74, 6) is -0.409. The smallest absolute Gasteiger partial charge is 0.418 e. The highest BCUT2D eigenvalue weighted by Gasteiger charge is 2.25. The monoisotopic (exact) mass is 538 g/mol. The Balaban J connectivity index is 1.40. The zero-order chi connectivity index (χ0) is 26.0. The number of ether oxygens (including phenoxy) is 2. The zero-order valence-electron chi connectivity index (χ0n) is 19.8. The Hall–Kier alpha value is -2.66. The first-order chi connectivity index (χ1) is 17.2. The number of rotatable bonds is 11. The molecule has 0 radical (unpaired) electrons. The molecule has 11 heteroatoms. The molecule has 3 rings (SSSR count). The number of carbonyl (C=O) groups is 2. The van der Waals surface area contributed by atoms with Gasteiger partial charge in [0.25, 0.3) is 10.1 Å². The molecule has 36 heavy (non-hydrogen) atoms. The molecule has 0 saturated heterocycles. The second-order valence-corrected chi connectivity index (χ2v) is 10.8.